The molecule has 1 amide bonds. The molecule has 2 aromatic rings. The van der Waals surface area contributed by atoms with Crippen LogP contribution in [-0.4, -0.2) is 35.1 Å². The number of nitrogens with zero attached hydrogens (tertiary/aromatic N) is 1. The Morgan fingerprint density at radius 2 is 1.81 bits per heavy atom. The van der Waals surface area contributed by atoms with Crippen molar-refractivity contribution in [1.29, 1.82) is 0 Å². The number of amides is 1. The summed E-state index contributed by atoms with van der Waals surface area (Å²) in [6, 6.07) is 8.21. The molecule has 0 spiro atoms. The van der Waals surface area contributed by atoms with E-state index < -0.39 is 15.9 Å². The van der Waals surface area contributed by atoms with E-state index in [-0.39, 0.29) is 11.4 Å². The first-order chi connectivity index (χ1) is 14.6. The van der Waals surface area contributed by atoms with Crippen LogP contribution in [-0.2, 0) is 14.8 Å². The number of rotatable bonds is 6. The minimum atomic E-state index is -4.17. The van der Waals surface area contributed by atoms with Gasteiger partial charge in [0.05, 0.1) is 26.5 Å². The van der Waals surface area contributed by atoms with Crippen molar-refractivity contribution < 1.29 is 22.7 Å². The molecule has 31 heavy (non-hydrogen) atoms. The van der Waals surface area contributed by atoms with Crippen LogP contribution >= 0.6 is 11.6 Å². The Balaban J connectivity index is 2.19. The summed E-state index contributed by atoms with van der Waals surface area (Å²) in [5.74, 6) is 0.0379. The van der Waals surface area contributed by atoms with Crippen molar-refractivity contribution in [3.05, 3.63) is 64.0 Å². The highest BCUT2D eigenvalue weighted by molar-refractivity contribution is 7.97. The minimum Gasteiger partial charge on any atom is -0.493 e. The zero-order valence-corrected chi connectivity index (χ0v) is 19.2. The topological polar surface area (TPSA) is 84.9 Å². The molecule has 0 aliphatic carbocycles. The first-order valence-corrected chi connectivity index (χ1v) is 11.2. The van der Waals surface area contributed by atoms with Gasteiger partial charge in [-0.15, -0.1) is 6.58 Å². The Bertz CT molecular complexity index is 1200. The third-order valence-electron chi connectivity index (χ3n) is 4.99. The van der Waals surface area contributed by atoms with E-state index in [0.717, 1.165) is 9.87 Å². The molecule has 1 heterocycles. The maximum Gasteiger partial charge on any atom is 0.270 e. The summed E-state index contributed by atoms with van der Waals surface area (Å²) in [6.07, 6.45) is 1.45. The third-order valence-corrected chi connectivity index (χ3v) is 7.33. The molecule has 1 aliphatic heterocycles. The van der Waals surface area contributed by atoms with Crippen molar-refractivity contribution in [3.63, 3.8) is 0 Å². The van der Waals surface area contributed by atoms with Crippen LogP contribution in [0.3, 0.4) is 0 Å². The Kier molecular flexibility index (Phi) is 6.33. The minimum absolute atomic E-state index is 0.0226. The summed E-state index contributed by atoms with van der Waals surface area (Å²) in [7, 11) is -1.22. The van der Waals surface area contributed by atoms with Crippen molar-refractivity contribution in [2.75, 3.05) is 30.4 Å². The molecule has 0 unspecified atom stereocenters. The Hall–Kier alpha value is -2.97. The number of hydrogen-bond donors (Lipinski definition) is 1. The maximum atomic E-state index is 13.4. The molecule has 3 rings (SSSR count). The Labute approximate surface area is 187 Å². The fraction of sp³-hybridized carbons (Fsp3) is 0.227. The van der Waals surface area contributed by atoms with Crippen LogP contribution in [0, 0.1) is 6.92 Å². The van der Waals surface area contributed by atoms with Gasteiger partial charge in [-0.05, 0) is 43.2 Å². The zero-order chi connectivity index (χ0) is 22.9. The number of allylic oxidation sites excluding steroid dienone is 1. The molecule has 0 bridgehead atoms. The molecular formula is C22H23ClN2O5S. The standard InChI is InChI=1S/C22H23ClN2O5S/c1-6-9-25-18-12-20(30-5)19(29-4)11-16(18)14(3)21(31(25,27)28)22(26)24-15-8-7-13(2)17(23)10-15/h6-8,10-12H,1,9H2,2-5H3,(H,24,26). The number of ether oxygens (including phenoxy) is 2. The van der Waals surface area contributed by atoms with Gasteiger partial charge in [-0.2, -0.15) is 0 Å². The second kappa shape index (κ2) is 8.64. The number of carbonyl (C=O) groups excluding carboxylic acids is 1. The van der Waals surface area contributed by atoms with Gasteiger partial charge in [0.1, 0.15) is 0 Å². The van der Waals surface area contributed by atoms with Crippen molar-refractivity contribution >= 4 is 44.5 Å². The summed E-state index contributed by atoms with van der Waals surface area (Å²) in [6.45, 7) is 7.05. The van der Waals surface area contributed by atoms with E-state index in [1.165, 1.54) is 20.3 Å². The SMILES string of the molecule is C=CCN1c2cc(OC)c(OC)cc2C(C)=C(C(=O)Nc2ccc(C)c(Cl)c2)S1(=O)=O. The van der Waals surface area contributed by atoms with Gasteiger partial charge in [0, 0.05) is 22.3 Å². The van der Waals surface area contributed by atoms with Gasteiger partial charge in [0.15, 0.2) is 16.4 Å². The number of nitrogens with one attached hydrogen (secondary N) is 1. The van der Waals surface area contributed by atoms with E-state index in [9.17, 15) is 13.2 Å². The summed E-state index contributed by atoms with van der Waals surface area (Å²) >= 11 is 6.13. The molecule has 0 fully saturated rings. The molecule has 0 radical (unpaired) electrons. The molecule has 0 aromatic heterocycles. The number of fused-ring (bicyclic) bond motifs is 1. The lowest BCUT2D eigenvalue weighted by molar-refractivity contribution is -0.112. The van der Waals surface area contributed by atoms with Gasteiger partial charge in [0.25, 0.3) is 15.9 Å². The molecule has 0 saturated heterocycles. The first-order valence-electron chi connectivity index (χ1n) is 9.34. The summed E-state index contributed by atoms with van der Waals surface area (Å²) in [4.78, 5) is 12.8. The summed E-state index contributed by atoms with van der Waals surface area (Å²) in [5.41, 5.74) is 2.45. The van der Waals surface area contributed by atoms with Crippen LogP contribution in [0.5, 0.6) is 11.5 Å². The number of carbonyl (C=O) groups is 1. The second-order valence-electron chi connectivity index (χ2n) is 6.92. The van der Waals surface area contributed by atoms with E-state index in [1.807, 2.05) is 6.92 Å². The Morgan fingerprint density at radius 1 is 1.16 bits per heavy atom. The molecule has 2 aromatic carbocycles. The lowest BCUT2D eigenvalue weighted by atomic mass is 10.0. The van der Waals surface area contributed by atoms with Crippen LogP contribution in [0.4, 0.5) is 11.4 Å². The van der Waals surface area contributed by atoms with Gasteiger partial charge in [-0.25, -0.2) is 8.42 Å². The lowest BCUT2D eigenvalue weighted by Gasteiger charge is -2.32. The molecule has 0 saturated carbocycles. The summed E-state index contributed by atoms with van der Waals surface area (Å²) < 4.78 is 38.7. The highest BCUT2D eigenvalue weighted by Crippen LogP contribution is 2.45. The van der Waals surface area contributed by atoms with E-state index in [2.05, 4.69) is 11.9 Å². The number of benzene rings is 2. The lowest BCUT2D eigenvalue weighted by Crippen LogP contribution is -2.39. The molecule has 164 valence electrons. The van der Waals surface area contributed by atoms with Crippen molar-refractivity contribution in [2.45, 2.75) is 13.8 Å². The third kappa shape index (κ3) is 4.00. The largest absolute Gasteiger partial charge is 0.493 e. The van der Waals surface area contributed by atoms with Crippen molar-refractivity contribution in [1.82, 2.24) is 0 Å². The summed E-state index contributed by atoms with van der Waals surface area (Å²) in [5, 5.41) is 3.10. The quantitative estimate of drug-likeness (QED) is 0.644. The van der Waals surface area contributed by atoms with Gasteiger partial charge in [-0.3, -0.25) is 9.10 Å². The van der Waals surface area contributed by atoms with E-state index in [0.29, 0.717) is 39.0 Å². The number of anilines is 2. The molecule has 1 aliphatic rings. The van der Waals surface area contributed by atoms with E-state index in [1.54, 1.807) is 37.3 Å². The number of methoxy groups -OCH3 is 2. The van der Waals surface area contributed by atoms with E-state index in [4.69, 9.17) is 21.1 Å². The molecule has 0 atom stereocenters. The van der Waals surface area contributed by atoms with Crippen LogP contribution < -0.4 is 19.1 Å². The fourth-order valence-corrected chi connectivity index (χ4v) is 5.28. The predicted octanol–water partition coefficient (Wildman–Crippen LogP) is 4.37. The monoisotopic (exact) mass is 462 g/mol. The van der Waals surface area contributed by atoms with Crippen molar-refractivity contribution in [3.8, 4) is 11.5 Å². The van der Waals surface area contributed by atoms with Gasteiger partial charge in [0.2, 0.25) is 0 Å². The number of sulfonamides is 1. The van der Waals surface area contributed by atoms with Crippen molar-refractivity contribution in [2.24, 2.45) is 0 Å². The highest BCUT2D eigenvalue weighted by Gasteiger charge is 2.40. The number of hydrogen-bond acceptors (Lipinski definition) is 5. The average Bonchev–Trinajstić information content (AvgIpc) is 2.72. The average molecular weight is 463 g/mol. The smallest absolute Gasteiger partial charge is 0.270 e. The van der Waals surface area contributed by atoms with Crippen LogP contribution in [0.2, 0.25) is 5.02 Å². The second-order valence-corrected chi connectivity index (χ2v) is 9.13. The van der Waals surface area contributed by atoms with E-state index >= 15 is 0 Å². The van der Waals surface area contributed by atoms with Crippen LogP contribution in [0.15, 0.2) is 47.9 Å². The number of aryl methyl sites for hydroxylation is 1. The maximum absolute atomic E-state index is 13.4. The van der Waals surface area contributed by atoms with Gasteiger partial charge in [-0.1, -0.05) is 23.7 Å². The fourth-order valence-electron chi connectivity index (χ4n) is 3.39. The number of halogens is 1. The molecular weight excluding hydrogens is 440 g/mol. The van der Waals surface area contributed by atoms with Crippen LogP contribution in [0.25, 0.3) is 5.57 Å². The molecule has 1 N–H and O–H groups in total. The highest BCUT2D eigenvalue weighted by atomic mass is 35.5. The van der Waals surface area contributed by atoms with Crippen LogP contribution in [0.1, 0.15) is 18.1 Å². The van der Waals surface area contributed by atoms with Gasteiger partial charge >= 0.3 is 0 Å². The molecule has 7 nitrogen and oxygen atoms in total. The zero-order valence-electron chi connectivity index (χ0n) is 17.7. The first kappa shape index (κ1) is 22.7. The Morgan fingerprint density at radius 3 is 2.39 bits per heavy atom. The van der Waals surface area contributed by atoms with Gasteiger partial charge < -0.3 is 14.8 Å². The normalized spacial score (nSPS) is 14.7. The predicted molar refractivity (Wildman–Crippen MR) is 123 cm³/mol. The molecule has 9 heteroatoms.